The van der Waals surface area contributed by atoms with Crippen molar-refractivity contribution in [1.82, 2.24) is 0 Å². The highest BCUT2D eigenvalue weighted by atomic mass is 19.4. The molecule has 202 valence electrons. The second-order valence-electron chi connectivity index (χ2n) is 7.76. The summed E-state index contributed by atoms with van der Waals surface area (Å²) >= 11 is 0. The molecule has 0 aliphatic carbocycles. The molecule has 1 amide bonds. The van der Waals surface area contributed by atoms with Gasteiger partial charge < -0.3 is 25.3 Å². The van der Waals surface area contributed by atoms with E-state index in [1.165, 1.54) is 12.1 Å². The van der Waals surface area contributed by atoms with Gasteiger partial charge in [0.25, 0.3) is 0 Å². The predicted octanol–water partition coefficient (Wildman–Crippen LogP) is 4.71. The molecule has 1 aliphatic rings. The third-order valence-electron chi connectivity index (χ3n) is 5.23. The zero-order valence-corrected chi connectivity index (χ0v) is 19.4. The number of hydrogen-bond donors (Lipinski definition) is 3. The molecule has 8 nitrogen and oxygen atoms in total. The van der Waals surface area contributed by atoms with Crippen LogP contribution in [-0.2, 0) is 15.8 Å². The fourth-order valence-electron chi connectivity index (χ4n) is 3.39. The van der Waals surface area contributed by atoms with E-state index >= 15 is 0 Å². The van der Waals surface area contributed by atoms with Gasteiger partial charge in [-0.3, -0.25) is 4.79 Å². The number of piperazine rings is 1. The van der Waals surface area contributed by atoms with Crippen LogP contribution in [0.5, 0.6) is 0 Å². The standard InChI is InChI=1S/C21H22F3N3O3.C2HF3O2/c1-2-19(28)25-15-6-7-18(17(13-15)20(29)30)27-10-8-26(9-11-27)16-5-3-4-14(12-16)21(22,23)24;3-2(4,5)1(6)7/h3-7,12-13H,2,8-11H2,1H3,(H,25,28)(H,29,30);(H,6,7). The van der Waals surface area contributed by atoms with Crippen LogP contribution in [0, 0.1) is 0 Å². The summed E-state index contributed by atoms with van der Waals surface area (Å²) in [7, 11) is 0. The van der Waals surface area contributed by atoms with Crippen molar-refractivity contribution in [1.29, 1.82) is 0 Å². The number of benzene rings is 2. The van der Waals surface area contributed by atoms with Crippen molar-refractivity contribution >= 4 is 34.9 Å². The smallest absolute Gasteiger partial charge is 0.478 e. The number of aliphatic carboxylic acids is 1. The van der Waals surface area contributed by atoms with Gasteiger partial charge in [-0.25, -0.2) is 9.59 Å². The maximum Gasteiger partial charge on any atom is 0.490 e. The molecule has 1 heterocycles. The number of hydrogen-bond acceptors (Lipinski definition) is 5. The maximum absolute atomic E-state index is 13.0. The molecule has 0 spiro atoms. The third kappa shape index (κ3) is 8.29. The number of alkyl halides is 6. The summed E-state index contributed by atoms with van der Waals surface area (Å²) in [5.74, 6) is -4.08. The van der Waals surface area contributed by atoms with E-state index in [-0.39, 0.29) is 17.9 Å². The van der Waals surface area contributed by atoms with Gasteiger partial charge in [-0.2, -0.15) is 26.3 Å². The van der Waals surface area contributed by atoms with Gasteiger partial charge in [-0.05, 0) is 36.4 Å². The lowest BCUT2D eigenvalue weighted by Crippen LogP contribution is -2.47. The Morgan fingerprint density at radius 1 is 0.892 bits per heavy atom. The Hall–Kier alpha value is -3.97. The monoisotopic (exact) mass is 535 g/mol. The highest BCUT2D eigenvalue weighted by molar-refractivity contribution is 5.98. The minimum absolute atomic E-state index is 0.0661. The zero-order chi connectivity index (χ0) is 28.0. The van der Waals surface area contributed by atoms with E-state index in [0.29, 0.717) is 43.2 Å². The van der Waals surface area contributed by atoms with Gasteiger partial charge >= 0.3 is 24.3 Å². The van der Waals surface area contributed by atoms with Crippen molar-refractivity contribution in [3.8, 4) is 0 Å². The van der Waals surface area contributed by atoms with E-state index in [4.69, 9.17) is 9.90 Å². The first-order valence-corrected chi connectivity index (χ1v) is 10.8. The first kappa shape index (κ1) is 29.3. The lowest BCUT2D eigenvalue weighted by Gasteiger charge is -2.38. The van der Waals surface area contributed by atoms with Crippen LogP contribution >= 0.6 is 0 Å². The number of aromatic carboxylic acids is 1. The van der Waals surface area contributed by atoms with E-state index < -0.39 is 29.9 Å². The Morgan fingerprint density at radius 3 is 1.95 bits per heavy atom. The molecule has 37 heavy (non-hydrogen) atoms. The molecule has 2 aromatic rings. The minimum Gasteiger partial charge on any atom is -0.478 e. The second-order valence-corrected chi connectivity index (χ2v) is 7.76. The fourth-order valence-corrected chi connectivity index (χ4v) is 3.39. The molecular weight excluding hydrogens is 512 g/mol. The molecule has 0 unspecified atom stereocenters. The summed E-state index contributed by atoms with van der Waals surface area (Å²) in [6, 6.07) is 9.91. The van der Waals surface area contributed by atoms with Gasteiger partial charge in [-0.1, -0.05) is 13.0 Å². The average Bonchev–Trinajstić information content (AvgIpc) is 2.83. The Bertz CT molecular complexity index is 1130. The zero-order valence-electron chi connectivity index (χ0n) is 19.4. The van der Waals surface area contributed by atoms with Crippen molar-refractivity contribution in [3.63, 3.8) is 0 Å². The van der Waals surface area contributed by atoms with E-state index in [2.05, 4.69) is 5.32 Å². The van der Waals surface area contributed by atoms with Gasteiger partial charge in [0.2, 0.25) is 5.91 Å². The first-order valence-electron chi connectivity index (χ1n) is 10.8. The van der Waals surface area contributed by atoms with Crippen LogP contribution in [0.25, 0.3) is 0 Å². The molecule has 14 heteroatoms. The number of nitrogens with one attached hydrogen (secondary N) is 1. The van der Waals surface area contributed by atoms with Crippen LogP contribution < -0.4 is 15.1 Å². The molecule has 0 aromatic heterocycles. The van der Waals surface area contributed by atoms with Gasteiger partial charge in [0.1, 0.15) is 0 Å². The molecule has 2 aromatic carbocycles. The number of carboxylic acid groups (broad SMARTS) is 2. The predicted molar refractivity (Wildman–Crippen MR) is 122 cm³/mol. The number of halogens is 6. The molecule has 3 N–H and O–H groups in total. The Kier molecular flexibility index (Phi) is 9.37. The Labute approximate surface area is 207 Å². The lowest BCUT2D eigenvalue weighted by atomic mass is 10.1. The van der Waals surface area contributed by atoms with Gasteiger partial charge in [0.15, 0.2) is 0 Å². The molecule has 0 atom stereocenters. The van der Waals surface area contributed by atoms with Crippen molar-refractivity contribution < 1.29 is 50.9 Å². The van der Waals surface area contributed by atoms with E-state index in [1.807, 2.05) is 9.80 Å². The summed E-state index contributed by atoms with van der Waals surface area (Å²) in [6.45, 7) is 3.52. The van der Waals surface area contributed by atoms with Gasteiger partial charge in [0.05, 0.1) is 16.8 Å². The van der Waals surface area contributed by atoms with E-state index in [1.54, 1.807) is 25.1 Å². The third-order valence-corrected chi connectivity index (χ3v) is 5.23. The molecule has 0 bridgehead atoms. The first-order chi connectivity index (χ1) is 17.1. The highest BCUT2D eigenvalue weighted by Gasteiger charge is 2.38. The molecule has 3 rings (SSSR count). The normalized spacial score (nSPS) is 13.9. The second kappa shape index (κ2) is 11.8. The van der Waals surface area contributed by atoms with Crippen molar-refractivity contribution in [2.45, 2.75) is 25.7 Å². The van der Waals surface area contributed by atoms with Crippen LogP contribution in [0.3, 0.4) is 0 Å². The largest absolute Gasteiger partial charge is 0.490 e. The average molecular weight is 535 g/mol. The maximum atomic E-state index is 13.0. The molecule has 1 fully saturated rings. The Balaban J connectivity index is 0.000000604. The lowest BCUT2D eigenvalue weighted by molar-refractivity contribution is -0.192. The van der Waals surface area contributed by atoms with Crippen LogP contribution in [-0.4, -0.2) is 60.4 Å². The van der Waals surface area contributed by atoms with Crippen LogP contribution in [0.15, 0.2) is 42.5 Å². The summed E-state index contributed by atoms with van der Waals surface area (Å²) in [4.78, 5) is 35.9. The number of carbonyl (C=O) groups is 3. The summed E-state index contributed by atoms with van der Waals surface area (Å²) in [6.07, 6.45) is -9.20. The molecular formula is C23H23F6N3O5. The fraction of sp³-hybridized carbons (Fsp3) is 0.348. The summed E-state index contributed by atoms with van der Waals surface area (Å²) < 4.78 is 70.6. The number of anilines is 3. The quantitative estimate of drug-likeness (QED) is 0.476. The topological polar surface area (TPSA) is 110 Å². The van der Waals surface area contributed by atoms with E-state index in [9.17, 15) is 41.0 Å². The van der Waals surface area contributed by atoms with Gasteiger partial charge in [0, 0.05) is 44.0 Å². The SMILES string of the molecule is CCC(=O)Nc1ccc(N2CCN(c3cccc(C(F)(F)F)c3)CC2)c(C(=O)O)c1.O=C(O)C(F)(F)F. The molecule has 0 radical (unpaired) electrons. The van der Waals surface area contributed by atoms with E-state index in [0.717, 1.165) is 12.1 Å². The van der Waals surface area contributed by atoms with Crippen LogP contribution in [0.1, 0.15) is 29.3 Å². The van der Waals surface area contributed by atoms with Crippen molar-refractivity contribution in [3.05, 3.63) is 53.6 Å². The van der Waals surface area contributed by atoms with Crippen molar-refractivity contribution in [2.24, 2.45) is 0 Å². The number of nitrogens with zero attached hydrogens (tertiary/aromatic N) is 2. The number of amides is 1. The number of rotatable bonds is 5. The highest BCUT2D eigenvalue weighted by Crippen LogP contribution is 2.32. The summed E-state index contributed by atoms with van der Waals surface area (Å²) in [5, 5.41) is 19.4. The van der Waals surface area contributed by atoms with Crippen LogP contribution in [0.2, 0.25) is 0 Å². The number of carboxylic acids is 2. The van der Waals surface area contributed by atoms with Crippen LogP contribution in [0.4, 0.5) is 43.4 Å². The minimum atomic E-state index is -5.08. The molecule has 0 saturated carbocycles. The van der Waals surface area contributed by atoms with Crippen molar-refractivity contribution in [2.75, 3.05) is 41.3 Å². The molecule has 1 aliphatic heterocycles. The van der Waals surface area contributed by atoms with Gasteiger partial charge in [-0.15, -0.1) is 0 Å². The number of carbonyl (C=O) groups excluding carboxylic acids is 1. The Morgan fingerprint density at radius 2 is 1.46 bits per heavy atom. The molecule has 1 saturated heterocycles. The summed E-state index contributed by atoms with van der Waals surface area (Å²) in [5.41, 5.74) is 0.781.